The first-order valence-corrected chi connectivity index (χ1v) is 10.8. The van der Waals surface area contributed by atoms with Gasteiger partial charge in [0.15, 0.2) is 5.75 Å². The summed E-state index contributed by atoms with van der Waals surface area (Å²) in [5, 5.41) is 0.600. The van der Waals surface area contributed by atoms with E-state index in [-0.39, 0.29) is 12.1 Å². The minimum atomic E-state index is -4.02. The molecule has 1 unspecified atom stereocenters. The molecule has 0 aromatic heterocycles. The number of sulfonamides is 1. The second-order valence-corrected chi connectivity index (χ2v) is 8.56. The van der Waals surface area contributed by atoms with Gasteiger partial charge < -0.3 is 9.47 Å². The Morgan fingerprint density at radius 2 is 1.72 bits per heavy atom. The van der Waals surface area contributed by atoms with Crippen LogP contribution in [0.25, 0.3) is 0 Å². The highest BCUT2D eigenvalue weighted by atomic mass is 35.5. The number of hydrogen-bond donors (Lipinski definition) is 1. The molecule has 0 saturated carbocycles. The summed E-state index contributed by atoms with van der Waals surface area (Å²) in [5.74, 6) is -2.22. The van der Waals surface area contributed by atoms with Crippen molar-refractivity contribution < 1.29 is 27.5 Å². The van der Waals surface area contributed by atoms with Crippen molar-refractivity contribution in [2.45, 2.75) is 25.9 Å². The zero-order chi connectivity index (χ0) is 21.4. The Morgan fingerprint density at radius 1 is 1.07 bits per heavy atom. The Kier molecular flexibility index (Phi) is 8.04. The van der Waals surface area contributed by atoms with Crippen LogP contribution in [0.5, 0.6) is 0 Å². The van der Waals surface area contributed by atoms with E-state index in [1.54, 1.807) is 37.3 Å². The molecule has 0 aliphatic rings. The van der Waals surface area contributed by atoms with Gasteiger partial charge in [-0.2, -0.15) is 0 Å². The van der Waals surface area contributed by atoms with Crippen LogP contribution >= 0.6 is 11.6 Å². The lowest BCUT2D eigenvalue weighted by Crippen LogP contribution is -2.28. The Bertz CT molecular complexity index is 959. The van der Waals surface area contributed by atoms with E-state index in [0.29, 0.717) is 17.0 Å². The largest absolute Gasteiger partial charge is 0.469 e. The SMILES string of the molecule is COC(=O)Cc1ccccc1NS(=O)(=O)CC(=O)OC(C)Cc1ccc(Cl)cc1. The summed E-state index contributed by atoms with van der Waals surface area (Å²) in [6.45, 7) is 1.68. The van der Waals surface area contributed by atoms with E-state index in [1.165, 1.54) is 13.2 Å². The molecule has 0 spiro atoms. The second kappa shape index (κ2) is 10.3. The second-order valence-electron chi connectivity index (χ2n) is 6.40. The highest BCUT2D eigenvalue weighted by Crippen LogP contribution is 2.18. The number of carbonyl (C=O) groups excluding carboxylic acids is 2. The number of anilines is 1. The van der Waals surface area contributed by atoms with Gasteiger partial charge in [-0.3, -0.25) is 14.3 Å². The summed E-state index contributed by atoms with van der Waals surface area (Å²) in [6.07, 6.45) is -0.179. The highest BCUT2D eigenvalue weighted by molar-refractivity contribution is 7.93. The molecule has 0 heterocycles. The minimum absolute atomic E-state index is 0.0994. The molecule has 7 nitrogen and oxygen atoms in total. The van der Waals surface area contributed by atoms with Crippen LogP contribution < -0.4 is 4.72 Å². The number of methoxy groups -OCH3 is 1. The fraction of sp³-hybridized carbons (Fsp3) is 0.300. The first kappa shape index (κ1) is 22.7. The van der Waals surface area contributed by atoms with Gasteiger partial charge >= 0.3 is 11.9 Å². The maximum absolute atomic E-state index is 12.4. The van der Waals surface area contributed by atoms with Crippen LogP contribution in [-0.4, -0.2) is 39.3 Å². The molecule has 0 radical (unpaired) electrons. The quantitative estimate of drug-likeness (QED) is 0.603. The lowest BCUT2D eigenvalue weighted by Gasteiger charge is -2.15. The number of carbonyl (C=O) groups is 2. The number of nitrogens with one attached hydrogen (secondary N) is 1. The Labute approximate surface area is 175 Å². The van der Waals surface area contributed by atoms with Gasteiger partial charge in [-0.25, -0.2) is 8.42 Å². The van der Waals surface area contributed by atoms with Gasteiger partial charge in [0.05, 0.1) is 19.2 Å². The Morgan fingerprint density at radius 3 is 2.38 bits per heavy atom. The molecule has 0 saturated heterocycles. The van der Waals surface area contributed by atoms with Crippen molar-refractivity contribution in [2.75, 3.05) is 17.6 Å². The summed E-state index contributed by atoms with van der Waals surface area (Å²) < 4.78 is 36.8. The third-order valence-electron chi connectivity index (χ3n) is 3.92. The fourth-order valence-electron chi connectivity index (χ4n) is 2.61. The molecular weight excluding hydrogens is 418 g/mol. The maximum atomic E-state index is 12.4. The zero-order valence-electron chi connectivity index (χ0n) is 16.1. The number of benzene rings is 2. The number of esters is 2. The van der Waals surface area contributed by atoms with Crippen molar-refractivity contribution in [3.05, 3.63) is 64.7 Å². The third kappa shape index (κ3) is 7.75. The standard InChI is InChI=1S/C20H22ClNO6S/c1-14(11-15-7-9-17(21)10-8-15)28-20(24)13-29(25,26)22-18-6-4-3-5-16(18)12-19(23)27-2/h3-10,14,22H,11-13H2,1-2H3. The molecule has 0 aliphatic heterocycles. The Balaban J connectivity index is 1.95. The van der Waals surface area contributed by atoms with Crippen molar-refractivity contribution in [3.8, 4) is 0 Å². The summed E-state index contributed by atoms with van der Waals surface area (Å²) in [6, 6.07) is 13.5. The van der Waals surface area contributed by atoms with Gasteiger partial charge in [-0.1, -0.05) is 41.9 Å². The van der Waals surface area contributed by atoms with Gasteiger partial charge in [0.2, 0.25) is 10.0 Å². The minimum Gasteiger partial charge on any atom is -0.469 e. The highest BCUT2D eigenvalue weighted by Gasteiger charge is 2.21. The van der Waals surface area contributed by atoms with Gasteiger partial charge in [0, 0.05) is 11.4 Å². The molecule has 1 atom stereocenters. The number of halogens is 1. The normalized spacial score (nSPS) is 12.1. The monoisotopic (exact) mass is 439 g/mol. The summed E-state index contributed by atoms with van der Waals surface area (Å²) in [5.41, 5.74) is 1.56. The fourth-order valence-corrected chi connectivity index (χ4v) is 3.72. The molecule has 156 valence electrons. The zero-order valence-corrected chi connectivity index (χ0v) is 17.6. The van der Waals surface area contributed by atoms with E-state index >= 15 is 0 Å². The summed E-state index contributed by atoms with van der Waals surface area (Å²) in [7, 11) is -2.77. The van der Waals surface area contributed by atoms with Crippen molar-refractivity contribution in [1.29, 1.82) is 0 Å². The molecule has 0 amide bonds. The molecule has 29 heavy (non-hydrogen) atoms. The number of hydrogen-bond acceptors (Lipinski definition) is 6. The van der Waals surface area contributed by atoms with E-state index in [0.717, 1.165) is 5.56 Å². The predicted octanol–water partition coefficient (Wildman–Crippen LogP) is 2.97. The molecule has 2 aromatic rings. The predicted molar refractivity (Wildman–Crippen MR) is 110 cm³/mol. The van der Waals surface area contributed by atoms with Crippen LogP contribution in [0, 0.1) is 0 Å². The van der Waals surface area contributed by atoms with Crippen molar-refractivity contribution in [3.63, 3.8) is 0 Å². The average Bonchev–Trinajstić information content (AvgIpc) is 2.64. The van der Waals surface area contributed by atoms with E-state index in [4.69, 9.17) is 16.3 Å². The number of para-hydroxylation sites is 1. The van der Waals surface area contributed by atoms with Gasteiger partial charge in [0.1, 0.15) is 6.10 Å². The van der Waals surface area contributed by atoms with Crippen LogP contribution in [0.3, 0.4) is 0 Å². The van der Waals surface area contributed by atoms with Crippen LogP contribution in [0.15, 0.2) is 48.5 Å². The molecule has 2 rings (SSSR count). The van der Waals surface area contributed by atoms with Crippen LogP contribution in [0.2, 0.25) is 5.02 Å². The van der Waals surface area contributed by atoms with Gasteiger partial charge in [0.25, 0.3) is 0 Å². The summed E-state index contributed by atoms with van der Waals surface area (Å²) in [4.78, 5) is 23.6. The lowest BCUT2D eigenvalue weighted by atomic mass is 10.1. The van der Waals surface area contributed by atoms with Crippen molar-refractivity contribution in [1.82, 2.24) is 0 Å². The lowest BCUT2D eigenvalue weighted by molar-refractivity contribution is -0.145. The molecular formula is C20H22ClNO6S. The average molecular weight is 440 g/mol. The van der Waals surface area contributed by atoms with Gasteiger partial charge in [-0.05, 0) is 36.2 Å². The number of rotatable bonds is 9. The van der Waals surface area contributed by atoms with E-state index in [1.807, 2.05) is 12.1 Å². The number of ether oxygens (including phenoxy) is 2. The first-order valence-electron chi connectivity index (χ1n) is 8.77. The third-order valence-corrected chi connectivity index (χ3v) is 5.32. The summed E-state index contributed by atoms with van der Waals surface area (Å²) >= 11 is 5.83. The Hall–Kier alpha value is -2.58. The van der Waals surface area contributed by atoms with Crippen LogP contribution in [-0.2, 0) is 41.9 Å². The maximum Gasteiger partial charge on any atom is 0.323 e. The van der Waals surface area contributed by atoms with Crippen LogP contribution in [0.1, 0.15) is 18.1 Å². The molecule has 9 heteroatoms. The molecule has 0 bridgehead atoms. The molecule has 0 fully saturated rings. The van der Waals surface area contributed by atoms with Crippen molar-refractivity contribution in [2.24, 2.45) is 0 Å². The smallest absolute Gasteiger partial charge is 0.323 e. The van der Waals surface area contributed by atoms with Crippen LogP contribution in [0.4, 0.5) is 5.69 Å². The topological polar surface area (TPSA) is 98.8 Å². The van der Waals surface area contributed by atoms with Crippen molar-refractivity contribution >= 4 is 39.3 Å². The molecule has 2 aromatic carbocycles. The van der Waals surface area contributed by atoms with E-state index in [2.05, 4.69) is 9.46 Å². The first-order chi connectivity index (χ1) is 13.7. The molecule has 0 aliphatic carbocycles. The molecule has 1 N–H and O–H groups in total. The van der Waals surface area contributed by atoms with Gasteiger partial charge in [-0.15, -0.1) is 0 Å². The van der Waals surface area contributed by atoms with E-state index in [9.17, 15) is 18.0 Å². The van der Waals surface area contributed by atoms with E-state index < -0.39 is 33.8 Å².